The van der Waals surface area contributed by atoms with Crippen LogP contribution in [0.3, 0.4) is 0 Å². The first-order chi connectivity index (χ1) is 16.1. The fraction of sp³-hybridized carbons (Fsp3) is 0.385. The predicted octanol–water partition coefficient (Wildman–Crippen LogP) is 5.45. The van der Waals surface area contributed by atoms with E-state index in [1.165, 1.54) is 13.2 Å². The summed E-state index contributed by atoms with van der Waals surface area (Å²) in [6.45, 7) is 5.17. The van der Waals surface area contributed by atoms with E-state index < -0.39 is 21.9 Å². The Balaban J connectivity index is 1.93. The summed E-state index contributed by atoms with van der Waals surface area (Å²) in [7, 11) is -2.95. The molecule has 7 nitrogen and oxygen atoms in total. The molecular weight excluding hydrogens is 454 g/mol. The molecule has 2 aromatic carbocycles. The minimum Gasteiger partial charge on any atom is -0.465 e. The van der Waals surface area contributed by atoms with Gasteiger partial charge in [0.2, 0.25) is 5.91 Å². The second-order valence-electron chi connectivity index (χ2n) is 8.92. The van der Waals surface area contributed by atoms with Crippen LogP contribution in [0.25, 0.3) is 11.0 Å². The van der Waals surface area contributed by atoms with Gasteiger partial charge in [0.1, 0.15) is 16.9 Å². The SMILES string of the molecule is COC(=O)c1c(C)oc2ccc(N(C(=O)C3CCCCC3)S(=O)(=O)c3cc(C)ccc3C)cc12. The number of hydrogen-bond donors (Lipinski definition) is 0. The van der Waals surface area contributed by atoms with Crippen LogP contribution in [0.2, 0.25) is 0 Å². The van der Waals surface area contributed by atoms with Gasteiger partial charge in [-0.15, -0.1) is 0 Å². The van der Waals surface area contributed by atoms with Crippen LogP contribution >= 0.6 is 0 Å². The van der Waals surface area contributed by atoms with Gasteiger partial charge < -0.3 is 9.15 Å². The lowest BCUT2D eigenvalue weighted by Crippen LogP contribution is -2.41. The van der Waals surface area contributed by atoms with Crippen molar-refractivity contribution < 1.29 is 27.2 Å². The molecule has 0 N–H and O–H groups in total. The lowest BCUT2D eigenvalue weighted by Gasteiger charge is -2.29. The molecule has 3 aromatic rings. The number of hydrogen-bond acceptors (Lipinski definition) is 6. The summed E-state index contributed by atoms with van der Waals surface area (Å²) >= 11 is 0. The highest BCUT2D eigenvalue weighted by atomic mass is 32.2. The van der Waals surface area contributed by atoms with Crippen LogP contribution in [0.15, 0.2) is 45.7 Å². The number of anilines is 1. The van der Waals surface area contributed by atoms with Crippen LogP contribution in [0, 0.1) is 26.7 Å². The van der Waals surface area contributed by atoms with Crippen molar-refractivity contribution in [3.05, 3.63) is 58.8 Å². The first-order valence-corrected chi connectivity index (χ1v) is 12.9. The molecule has 0 radical (unpaired) electrons. The summed E-state index contributed by atoms with van der Waals surface area (Å²) in [5, 5.41) is 0.402. The molecule has 1 aliphatic rings. The molecular formula is C26H29NO6S. The van der Waals surface area contributed by atoms with Crippen molar-refractivity contribution in [2.45, 2.75) is 57.8 Å². The quantitative estimate of drug-likeness (QED) is 0.448. The zero-order chi connectivity index (χ0) is 24.6. The highest BCUT2D eigenvalue weighted by Crippen LogP contribution is 2.36. The van der Waals surface area contributed by atoms with Crippen LogP contribution in [-0.4, -0.2) is 27.4 Å². The van der Waals surface area contributed by atoms with Crippen molar-refractivity contribution in [3.63, 3.8) is 0 Å². The molecule has 0 spiro atoms. The molecule has 0 bridgehead atoms. The number of aryl methyl sites for hydroxylation is 3. The van der Waals surface area contributed by atoms with Gasteiger partial charge in [0.05, 0.1) is 17.7 Å². The Labute approximate surface area is 199 Å². The normalized spacial score (nSPS) is 14.8. The summed E-state index contributed by atoms with van der Waals surface area (Å²) in [4.78, 5) is 26.2. The lowest BCUT2D eigenvalue weighted by molar-refractivity contribution is -0.122. The van der Waals surface area contributed by atoms with Crippen LogP contribution in [0.5, 0.6) is 0 Å². The van der Waals surface area contributed by atoms with Gasteiger partial charge in [0.25, 0.3) is 10.0 Å². The molecule has 1 aromatic heterocycles. The Morgan fingerprint density at radius 2 is 1.71 bits per heavy atom. The average molecular weight is 484 g/mol. The number of carbonyl (C=O) groups excluding carboxylic acids is 2. The summed E-state index contributed by atoms with van der Waals surface area (Å²) < 4.78 is 39.5. The van der Waals surface area contributed by atoms with E-state index in [0.717, 1.165) is 29.1 Å². The third-order valence-electron chi connectivity index (χ3n) is 6.49. The maximum Gasteiger partial charge on any atom is 0.342 e. The van der Waals surface area contributed by atoms with Gasteiger partial charge in [0.15, 0.2) is 0 Å². The fourth-order valence-electron chi connectivity index (χ4n) is 4.67. The smallest absolute Gasteiger partial charge is 0.342 e. The van der Waals surface area contributed by atoms with Crippen LogP contribution in [-0.2, 0) is 19.6 Å². The monoisotopic (exact) mass is 483 g/mol. The van der Waals surface area contributed by atoms with E-state index in [9.17, 15) is 18.0 Å². The van der Waals surface area contributed by atoms with Gasteiger partial charge in [-0.2, -0.15) is 0 Å². The van der Waals surface area contributed by atoms with Crippen molar-refractivity contribution in [2.75, 3.05) is 11.4 Å². The van der Waals surface area contributed by atoms with Crippen molar-refractivity contribution in [3.8, 4) is 0 Å². The first kappa shape index (κ1) is 24.0. The van der Waals surface area contributed by atoms with Crippen LogP contribution in [0.1, 0.15) is 59.3 Å². The van der Waals surface area contributed by atoms with E-state index in [1.54, 1.807) is 38.1 Å². The van der Waals surface area contributed by atoms with Gasteiger partial charge >= 0.3 is 5.97 Å². The number of sulfonamides is 1. The minimum atomic E-state index is -4.22. The Bertz CT molecular complexity index is 1370. The van der Waals surface area contributed by atoms with Crippen molar-refractivity contribution >= 4 is 38.6 Å². The zero-order valence-electron chi connectivity index (χ0n) is 19.9. The Kier molecular flexibility index (Phi) is 6.53. The highest BCUT2D eigenvalue weighted by Gasteiger charge is 2.37. The summed E-state index contributed by atoms with van der Waals surface area (Å²) in [6.07, 6.45) is 4.12. The molecule has 1 heterocycles. The molecule has 1 amide bonds. The van der Waals surface area contributed by atoms with Crippen LogP contribution < -0.4 is 4.31 Å². The second kappa shape index (κ2) is 9.25. The Hall–Kier alpha value is -3.13. The second-order valence-corrected chi connectivity index (χ2v) is 10.7. The lowest BCUT2D eigenvalue weighted by atomic mass is 9.88. The fourth-order valence-corrected chi connectivity index (χ4v) is 6.46. The summed E-state index contributed by atoms with van der Waals surface area (Å²) in [5.74, 6) is -1.05. The molecule has 0 atom stereocenters. The van der Waals surface area contributed by atoms with E-state index in [2.05, 4.69) is 0 Å². The Morgan fingerprint density at radius 1 is 1.00 bits per heavy atom. The third-order valence-corrected chi connectivity index (χ3v) is 8.36. The minimum absolute atomic E-state index is 0.0910. The van der Waals surface area contributed by atoms with Gasteiger partial charge in [-0.05, 0) is 69.0 Å². The van der Waals surface area contributed by atoms with E-state index in [0.29, 0.717) is 35.1 Å². The number of benzene rings is 2. The topological polar surface area (TPSA) is 93.9 Å². The molecule has 1 fully saturated rings. The molecule has 0 aliphatic heterocycles. The van der Waals surface area contributed by atoms with Gasteiger partial charge in [-0.25, -0.2) is 17.5 Å². The van der Waals surface area contributed by atoms with E-state index >= 15 is 0 Å². The van der Waals surface area contributed by atoms with Crippen molar-refractivity contribution in [1.29, 1.82) is 0 Å². The maximum absolute atomic E-state index is 14.0. The van der Waals surface area contributed by atoms with Gasteiger partial charge in [-0.1, -0.05) is 31.4 Å². The highest BCUT2D eigenvalue weighted by molar-refractivity contribution is 7.93. The van der Waals surface area contributed by atoms with E-state index in [-0.39, 0.29) is 22.1 Å². The molecule has 8 heteroatoms. The number of rotatable bonds is 5. The van der Waals surface area contributed by atoms with E-state index in [4.69, 9.17) is 9.15 Å². The number of methoxy groups -OCH3 is 1. The first-order valence-electron chi connectivity index (χ1n) is 11.4. The number of carbonyl (C=O) groups is 2. The number of esters is 1. The molecule has 0 unspecified atom stereocenters. The summed E-state index contributed by atoms with van der Waals surface area (Å²) in [5.41, 5.74) is 2.14. The summed E-state index contributed by atoms with van der Waals surface area (Å²) in [6, 6.07) is 9.83. The maximum atomic E-state index is 14.0. The number of fused-ring (bicyclic) bond motifs is 1. The van der Waals surface area contributed by atoms with Gasteiger partial charge in [-0.3, -0.25) is 4.79 Å². The molecule has 1 saturated carbocycles. The molecule has 34 heavy (non-hydrogen) atoms. The largest absolute Gasteiger partial charge is 0.465 e. The van der Waals surface area contributed by atoms with Crippen molar-refractivity contribution in [2.24, 2.45) is 5.92 Å². The number of nitrogens with zero attached hydrogens (tertiary/aromatic N) is 1. The predicted molar refractivity (Wildman–Crippen MR) is 129 cm³/mol. The van der Waals surface area contributed by atoms with E-state index in [1.807, 2.05) is 13.0 Å². The molecule has 0 saturated heterocycles. The standard InChI is InChI=1S/C26H29NO6S/c1-16-10-11-17(2)23(14-16)34(30,31)27(25(28)19-8-6-5-7-9-19)20-12-13-22-21(15-20)24(18(3)33-22)26(29)32-4/h10-15,19H,5-9H2,1-4H3. The average Bonchev–Trinajstić information content (AvgIpc) is 3.15. The zero-order valence-corrected chi connectivity index (χ0v) is 20.7. The molecule has 180 valence electrons. The van der Waals surface area contributed by atoms with Gasteiger partial charge in [0, 0.05) is 11.3 Å². The Morgan fingerprint density at radius 3 is 2.38 bits per heavy atom. The molecule has 4 rings (SSSR count). The van der Waals surface area contributed by atoms with Crippen LogP contribution in [0.4, 0.5) is 5.69 Å². The number of amides is 1. The third kappa shape index (κ3) is 4.22. The number of furan rings is 1. The molecule has 1 aliphatic carbocycles. The van der Waals surface area contributed by atoms with Crippen molar-refractivity contribution in [1.82, 2.24) is 0 Å². The number of ether oxygens (including phenoxy) is 1.